The molecule has 4 nitrogen and oxygen atoms in total. The van der Waals surface area contributed by atoms with Crippen LogP contribution >= 0.6 is 0 Å². The molecule has 1 fully saturated rings. The van der Waals surface area contributed by atoms with E-state index >= 15 is 0 Å². The normalized spacial score (nSPS) is 16.9. The predicted molar refractivity (Wildman–Crippen MR) is 62.3 cm³/mol. The van der Waals surface area contributed by atoms with Crippen LogP contribution in [0.15, 0.2) is 0 Å². The van der Waals surface area contributed by atoms with E-state index in [0.717, 1.165) is 12.8 Å². The first-order valence-electron chi connectivity index (χ1n) is 5.99. The average Bonchev–Trinajstić information content (AvgIpc) is 3.03. The van der Waals surface area contributed by atoms with Crippen molar-refractivity contribution in [3.63, 3.8) is 0 Å². The number of carbonyl (C=O) groups excluding carboxylic acids is 1. The fraction of sp³-hybridized carbons (Fsp3) is 0.833. The summed E-state index contributed by atoms with van der Waals surface area (Å²) in [6, 6.07) is 2.47. The fourth-order valence-electron chi connectivity index (χ4n) is 1.90. The van der Waals surface area contributed by atoms with Crippen LogP contribution in [0.4, 0.5) is 0 Å². The first-order valence-corrected chi connectivity index (χ1v) is 5.99. The Balaban J connectivity index is 2.62. The molecule has 0 heterocycles. The molecule has 2 N–H and O–H groups in total. The molecule has 4 heteroatoms. The van der Waals surface area contributed by atoms with E-state index < -0.39 is 0 Å². The summed E-state index contributed by atoms with van der Waals surface area (Å²) in [6.45, 7) is 4.99. The second-order valence-corrected chi connectivity index (χ2v) is 4.76. The van der Waals surface area contributed by atoms with E-state index in [1.807, 2.05) is 18.7 Å². The van der Waals surface area contributed by atoms with Crippen LogP contribution in [0.2, 0.25) is 0 Å². The van der Waals surface area contributed by atoms with Crippen LogP contribution in [0.25, 0.3) is 0 Å². The topological polar surface area (TPSA) is 70.1 Å². The minimum atomic E-state index is -0.0979. The fourth-order valence-corrected chi connectivity index (χ4v) is 1.90. The lowest BCUT2D eigenvalue weighted by molar-refractivity contribution is -0.137. The summed E-state index contributed by atoms with van der Waals surface area (Å²) in [6.07, 6.45) is 2.57. The minimum Gasteiger partial charge on any atom is -0.338 e. The Hall–Kier alpha value is -1.08. The third-order valence-corrected chi connectivity index (χ3v) is 3.11. The highest BCUT2D eigenvalue weighted by atomic mass is 16.2. The zero-order chi connectivity index (χ0) is 12.1. The maximum atomic E-state index is 12.2. The van der Waals surface area contributed by atoms with Gasteiger partial charge in [-0.15, -0.1) is 0 Å². The molecule has 1 aliphatic carbocycles. The Morgan fingerprint density at radius 1 is 1.56 bits per heavy atom. The summed E-state index contributed by atoms with van der Waals surface area (Å²) < 4.78 is 0. The van der Waals surface area contributed by atoms with E-state index in [-0.39, 0.29) is 17.7 Å². The van der Waals surface area contributed by atoms with Crippen molar-refractivity contribution in [2.75, 3.05) is 13.1 Å². The summed E-state index contributed by atoms with van der Waals surface area (Å²) in [5.74, 6) is 0.301. The van der Waals surface area contributed by atoms with Gasteiger partial charge < -0.3 is 10.6 Å². The number of nitrogens with zero attached hydrogens (tertiary/aromatic N) is 2. The average molecular weight is 223 g/mol. The number of nitriles is 1. The summed E-state index contributed by atoms with van der Waals surface area (Å²) in [5, 5.41) is 8.59. The van der Waals surface area contributed by atoms with Crippen LogP contribution in [0.3, 0.4) is 0 Å². The monoisotopic (exact) mass is 223 g/mol. The molecule has 1 saturated carbocycles. The summed E-state index contributed by atoms with van der Waals surface area (Å²) in [5.41, 5.74) is 5.65. The van der Waals surface area contributed by atoms with E-state index in [4.69, 9.17) is 11.0 Å². The van der Waals surface area contributed by atoms with Crippen molar-refractivity contribution in [3.05, 3.63) is 0 Å². The van der Waals surface area contributed by atoms with Crippen LogP contribution < -0.4 is 5.73 Å². The maximum Gasteiger partial charge on any atom is 0.227 e. The van der Waals surface area contributed by atoms with Crippen molar-refractivity contribution >= 4 is 5.91 Å². The number of nitrogens with two attached hydrogens (primary N) is 1. The molecule has 0 aliphatic heterocycles. The Morgan fingerprint density at radius 2 is 2.19 bits per heavy atom. The molecule has 0 aromatic rings. The standard InChI is InChI=1S/C12H21N3O/c1-9(2)11(8-14)12(16)15(7-3-6-13)10-4-5-10/h9-11H,3-5,7-8,14H2,1-2H3. The van der Waals surface area contributed by atoms with Crippen LogP contribution in [0.5, 0.6) is 0 Å². The lowest BCUT2D eigenvalue weighted by atomic mass is 9.94. The number of amides is 1. The van der Waals surface area contributed by atoms with Gasteiger partial charge in [0.1, 0.15) is 0 Å². The number of carbonyl (C=O) groups is 1. The molecule has 0 spiro atoms. The highest BCUT2D eigenvalue weighted by molar-refractivity contribution is 5.80. The summed E-state index contributed by atoms with van der Waals surface area (Å²) in [4.78, 5) is 14.1. The Morgan fingerprint density at radius 3 is 2.56 bits per heavy atom. The highest BCUT2D eigenvalue weighted by Gasteiger charge is 2.35. The second kappa shape index (κ2) is 5.86. The van der Waals surface area contributed by atoms with E-state index in [9.17, 15) is 4.79 Å². The number of hydrogen-bond donors (Lipinski definition) is 1. The van der Waals surface area contributed by atoms with Gasteiger partial charge in [0.15, 0.2) is 0 Å². The third-order valence-electron chi connectivity index (χ3n) is 3.11. The molecule has 0 aromatic heterocycles. The molecule has 1 rings (SSSR count). The Kier molecular flexibility index (Phi) is 4.75. The molecular weight excluding hydrogens is 202 g/mol. The van der Waals surface area contributed by atoms with Crippen LogP contribution in [0, 0.1) is 23.2 Å². The van der Waals surface area contributed by atoms with Gasteiger partial charge in [-0.25, -0.2) is 0 Å². The van der Waals surface area contributed by atoms with Gasteiger partial charge in [0.2, 0.25) is 5.91 Å². The molecule has 0 aromatic carbocycles. The quantitative estimate of drug-likeness (QED) is 0.733. The minimum absolute atomic E-state index is 0.0979. The van der Waals surface area contributed by atoms with E-state index in [1.165, 1.54) is 0 Å². The van der Waals surface area contributed by atoms with Gasteiger partial charge in [0.25, 0.3) is 0 Å². The van der Waals surface area contributed by atoms with Gasteiger partial charge in [0, 0.05) is 19.1 Å². The SMILES string of the molecule is CC(C)C(CN)C(=O)N(CCC#N)C1CC1. The van der Waals surface area contributed by atoms with Crippen molar-refractivity contribution in [1.29, 1.82) is 5.26 Å². The molecule has 0 saturated heterocycles. The Labute approximate surface area is 97.4 Å². The van der Waals surface area contributed by atoms with E-state index in [2.05, 4.69) is 6.07 Å². The van der Waals surface area contributed by atoms with Crippen molar-refractivity contribution in [1.82, 2.24) is 4.90 Å². The second-order valence-electron chi connectivity index (χ2n) is 4.76. The number of hydrogen-bond acceptors (Lipinski definition) is 3. The lowest BCUT2D eigenvalue weighted by Crippen LogP contribution is -2.43. The van der Waals surface area contributed by atoms with E-state index in [0.29, 0.717) is 25.6 Å². The van der Waals surface area contributed by atoms with Gasteiger partial charge in [-0.05, 0) is 18.8 Å². The summed E-state index contributed by atoms with van der Waals surface area (Å²) >= 11 is 0. The van der Waals surface area contributed by atoms with Crippen molar-refractivity contribution in [2.24, 2.45) is 17.6 Å². The molecule has 1 amide bonds. The zero-order valence-electron chi connectivity index (χ0n) is 10.1. The van der Waals surface area contributed by atoms with Gasteiger partial charge in [-0.2, -0.15) is 5.26 Å². The molecule has 0 bridgehead atoms. The molecule has 16 heavy (non-hydrogen) atoms. The maximum absolute atomic E-state index is 12.2. The number of rotatable bonds is 6. The van der Waals surface area contributed by atoms with Crippen LogP contribution in [-0.2, 0) is 4.79 Å². The third kappa shape index (κ3) is 3.21. The van der Waals surface area contributed by atoms with Gasteiger partial charge >= 0.3 is 0 Å². The first kappa shape index (κ1) is 13.0. The molecule has 1 atom stereocenters. The largest absolute Gasteiger partial charge is 0.338 e. The van der Waals surface area contributed by atoms with Crippen LogP contribution in [0.1, 0.15) is 33.1 Å². The van der Waals surface area contributed by atoms with Crippen LogP contribution in [-0.4, -0.2) is 29.9 Å². The van der Waals surface area contributed by atoms with Gasteiger partial charge in [-0.1, -0.05) is 13.8 Å². The molecule has 1 unspecified atom stereocenters. The molecule has 1 aliphatic rings. The zero-order valence-corrected chi connectivity index (χ0v) is 10.1. The lowest BCUT2D eigenvalue weighted by Gasteiger charge is -2.28. The van der Waals surface area contributed by atoms with Gasteiger partial charge in [-0.3, -0.25) is 4.79 Å². The first-order chi connectivity index (χ1) is 7.61. The predicted octanol–water partition coefficient (Wildman–Crippen LogP) is 1.12. The smallest absolute Gasteiger partial charge is 0.227 e. The molecule has 0 radical (unpaired) electrons. The summed E-state index contributed by atoms with van der Waals surface area (Å²) in [7, 11) is 0. The highest BCUT2D eigenvalue weighted by Crippen LogP contribution is 2.29. The molecule has 90 valence electrons. The molecular formula is C12H21N3O. The van der Waals surface area contributed by atoms with Crippen molar-refractivity contribution in [3.8, 4) is 6.07 Å². The Bertz CT molecular complexity index is 278. The van der Waals surface area contributed by atoms with E-state index in [1.54, 1.807) is 0 Å². The van der Waals surface area contributed by atoms with Crippen molar-refractivity contribution in [2.45, 2.75) is 39.2 Å². The van der Waals surface area contributed by atoms with Crippen molar-refractivity contribution < 1.29 is 4.79 Å². The van der Waals surface area contributed by atoms with Gasteiger partial charge in [0.05, 0.1) is 18.4 Å².